The molecule has 162 valence electrons. The molecule has 1 N–H and O–H groups in total. The maximum Gasteiger partial charge on any atom is 0.338 e. The lowest BCUT2D eigenvalue weighted by Gasteiger charge is -2.31. The smallest absolute Gasteiger partial charge is 0.338 e. The zero-order valence-electron chi connectivity index (χ0n) is 18.3. The zero-order valence-corrected chi connectivity index (χ0v) is 18.3. The van der Waals surface area contributed by atoms with E-state index in [0.29, 0.717) is 36.0 Å². The molecule has 1 atom stereocenters. The second kappa shape index (κ2) is 8.71. The quantitative estimate of drug-likeness (QED) is 0.558. The van der Waals surface area contributed by atoms with Gasteiger partial charge in [0.2, 0.25) is 5.95 Å². The number of para-hydroxylation sites is 2. The van der Waals surface area contributed by atoms with Crippen LogP contribution in [0.3, 0.4) is 0 Å². The summed E-state index contributed by atoms with van der Waals surface area (Å²) >= 11 is 0. The van der Waals surface area contributed by atoms with Crippen molar-refractivity contribution >= 4 is 23.0 Å². The number of fused-ring (bicyclic) bond motifs is 3. The van der Waals surface area contributed by atoms with Crippen molar-refractivity contribution in [3.63, 3.8) is 0 Å². The van der Waals surface area contributed by atoms with Gasteiger partial charge in [0.05, 0.1) is 43.5 Å². The fraction of sp³-hybridized carbons (Fsp3) is 0.333. The van der Waals surface area contributed by atoms with Gasteiger partial charge in [-0.25, -0.2) is 9.78 Å². The fourth-order valence-electron chi connectivity index (χ4n) is 4.12. The Hall–Kier alpha value is -3.48. The highest BCUT2D eigenvalue weighted by Crippen LogP contribution is 2.42. The fourth-order valence-corrected chi connectivity index (χ4v) is 4.12. The summed E-state index contributed by atoms with van der Waals surface area (Å²) in [6.45, 7) is 4.20. The number of aromatic nitrogens is 2. The van der Waals surface area contributed by atoms with E-state index in [1.54, 1.807) is 14.2 Å². The van der Waals surface area contributed by atoms with Crippen molar-refractivity contribution in [2.24, 2.45) is 0 Å². The molecule has 4 rings (SSSR count). The third-order valence-corrected chi connectivity index (χ3v) is 5.43. The van der Waals surface area contributed by atoms with E-state index in [0.717, 1.165) is 28.7 Å². The van der Waals surface area contributed by atoms with Crippen molar-refractivity contribution in [2.75, 3.05) is 26.1 Å². The summed E-state index contributed by atoms with van der Waals surface area (Å²) in [5, 5.41) is 3.40. The van der Waals surface area contributed by atoms with Crippen LogP contribution in [0.25, 0.3) is 11.0 Å². The largest absolute Gasteiger partial charge is 0.493 e. The van der Waals surface area contributed by atoms with E-state index < -0.39 is 6.04 Å². The number of allylic oxidation sites excluding steroid dienone is 1. The summed E-state index contributed by atoms with van der Waals surface area (Å²) in [5.74, 6) is 1.61. The predicted octanol–water partition coefficient (Wildman–Crippen LogP) is 4.69. The Kier molecular flexibility index (Phi) is 5.84. The Morgan fingerprint density at radius 2 is 1.87 bits per heavy atom. The minimum absolute atomic E-state index is 0.303. The van der Waals surface area contributed by atoms with E-state index in [9.17, 15) is 4.79 Å². The number of nitrogens with one attached hydrogen (secondary N) is 1. The van der Waals surface area contributed by atoms with Gasteiger partial charge in [-0.2, -0.15) is 0 Å². The Balaban J connectivity index is 2.00. The summed E-state index contributed by atoms with van der Waals surface area (Å²) in [4.78, 5) is 18.0. The standard InChI is InChI=1S/C24H27N3O4/c1-5-9-17-21(23(28)31-6-2)22(15-12-13-19(29-3)20(14-15)30-4)27-18-11-8-7-10-16(18)25-24(27)26-17/h7-8,10-14,22H,5-6,9H2,1-4H3,(H,25,26)/t22-/m0/s1. The first kappa shape index (κ1) is 20.8. The molecular formula is C24H27N3O4. The monoisotopic (exact) mass is 421 g/mol. The molecule has 31 heavy (non-hydrogen) atoms. The van der Waals surface area contributed by atoms with Crippen molar-refractivity contribution in [1.29, 1.82) is 0 Å². The molecule has 1 aliphatic rings. The van der Waals surface area contributed by atoms with Crippen LogP contribution in [0.15, 0.2) is 53.7 Å². The van der Waals surface area contributed by atoms with Gasteiger partial charge in [0, 0.05) is 5.70 Å². The predicted molar refractivity (Wildman–Crippen MR) is 120 cm³/mol. The van der Waals surface area contributed by atoms with E-state index in [1.165, 1.54) is 0 Å². The van der Waals surface area contributed by atoms with Crippen LogP contribution in [0.5, 0.6) is 11.5 Å². The lowest BCUT2D eigenvalue weighted by atomic mass is 9.93. The molecular weight excluding hydrogens is 394 g/mol. The third-order valence-electron chi connectivity index (χ3n) is 5.43. The van der Waals surface area contributed by atoms with Crippen molar-refractivity contribution in [1.82, 2.24) is 9.55 Å². The van der Waals surface area contributed by atoms with Crippen molar-refractivity contribution in [3.8, 4) is 11.5 Å². The molecule has 2 heterocycles. The number of hydrogen-bond acceptors (Lipinski definition) is 6. The summed E-state index contributed by atoms with van der Waals surface area (Å²) in [5.41, 5.74) is 4.11. The van der Waals surface area contributed by atoms with E-state index in [-0.39, 0.29) is 5.97 Å². The van der Waals surface area contributed by atoms with Gasteiger partial charge in [0.1, 0.15) is 0 Å². The highest BCUT2D eigenvalue weighted by molar-refractivity contribution is 5.94. The van der Waals surface area contributed by atoms with Gasteiger partial charge in [-0.3, -0.25) is 4.57 Å². The summed E-state index contributed by atoms with van der Waals surface area (Å²) in [7, 11) is 3.21. The second-order valence-corrected chi connectivity index (χ2v) is 7.30. The minimum atomic E-state index is -0.413. The van der Waals surface area contributed by atoms with Gasteiger partial charge >= 0.3 is 5.97 Å². The molecule has 1 aliphatic heterocycles. The maximum absolute atomic E-state index is 13.2. The first-order valence-corrected chi connectivity index (χ1v) is 10.5. The lowest BCUT2D eigenvalue weighted by Crippen LogP contribution is -2.29. The molecule has 2 aromatic carbocycles. The molecule has 0 aliphatic carbocycles. The molecule has 3 aromatic rings. The number of carbonyl (C=O) groups is 1. The van der Waals surface area contributed by atoms with Gasteiger partial charge in [-0.05, 0) is 43.2 Å². The van der Waals surface area contributed by atoms with Gasteiger partial charge in [0.15, 0.2) is 11.5 Å². The van der Waals surface area contributed by atoms with Crippen LogP contribution in [0.2, 0.25) is 0 Å². The van der Waals surface area contributed by atoms with Gasteiger partial charge in [-0.1, -0.05) is 31.5 Å². The number of carbonyl (C=O) groups excluding carboxylic acids is 1. The number of anilines is 1. The number of benzene rings is 2. The topological polar surface area (TPSA) is 74.6 Å². The van der Waals surface area contributed by atoms with E-state index in [2.05, 4.69) is 16.8 Å². The van der Waals surface area contributed by atoms with E-state index >= 15 is 0 Å². The van der Waals surface area contributed by atoms with Crippen LogP contribution in [-0.2, 0) is 9.53 Å². The van der Waals surface area contributed by atoms with Crippen LogP contribution in [0, 0.1) is 0 Å². The molecule has 0 spiro atoms. The zero-order chi connectivity index (χ0) is 22.0. The number of ether oxygens (including phenoxy) is 3. The second-order valence-electron chi connectivity index (χ2n) is 7.30. The maximum atomic E-state index is 13.2. The van der Waals surface area contributed by atoms with Crippen molar-refractivity contribution < 1.29 is 19.0 Å². The molecule has 0 fully saturated rings. The SMILES string of the molecule is CCCC1=C(C(=O)OCC)[C@H](c2ccc(OC)c(OC)c2)n2c(nc3ccccc32)N1. The van der Waals surface area contributed by atoms with Gasteiger partial charge < -0.3 is 19.5 Å². The Morgan fingerprint density at radius 3 is 2.58 bits per heavy atom. The van der Waals surface area contributed by atoms with Crippen molar-refractivity contribution in [3.05, 3.63) is 59.3 Å². The van der Waals surface area contributed by atoms with Crippen molar-refractivity contribution in [2.45, 2.75) is 32.7 Å². The van der Waals surface area contributed by atoms with Crippen LogP contribution in [0.4, 0.5) is 5.95 Å². The summed E-state index contributed by atoms with van der Waals surface area (Å²) < 4.78 is 18.5. The minimum Gasteiger partial charge on any atom is -0.493 e. The number of methoxy groups -OCH3 is 2. The molecule has 7 heteroatoms. The normalized spacial score (nSPS) is 15.4. The average Bonchev–Trinajstić information content (AvgIpc) is 3.16. The summed E-state index contributed by atoms with van der Waals surface area (Å²) in [6, 6.07) is 13.2. The molecule has 0 amide bonds. The molecule has 7 nitrogen and oxygen atoms in total. The number of hydrogen-bond donors (Lipinski definition) is 1. The molecule has 1 aromatic heterocycles. The number of nitrogens with zero attached hydrogens (tertiary/aromatic N) is 2. The highest BCUT2D eigenvalue weighted by atomic mass is 16.5. The highest BCUT2D eigenvalue weighted by Gasteiger charge is 2.36. The van der Waals surface area contributed by atoms with Crippen LogP contribution in [-0.4, -0.2) is 36.3 Å². The van der Waals surface area contributed by atoms with Gasteiger partial charge in [0.25, 0.3) is 0 Å². The van der Waals surface area contributed by atoms with E-state index in [1.807, 2.05) is 49.4 Å². The molecule has 0 unspecified atom stereocenters. The summed E-state index contributed by atoms with van der Waals surface area (Å²) in [6.07, 6.45) is 1.59. The Bertz CT molecular complexity index is 1150. The molecule has 0 radical (unpaired) electrons. The number of imidazole rings is 1. The number of esters is 1. The van der Waals surface area contributed by atoms with Crippen LogP contribution in [0.1, 0.15) is 38.3 Å². The van der Waals surface area contributed by atoms with Gasteiger partial charge in [-0.15, -0.1) is 0 Å². The first-order chi connectivity index (χ1) is 15.1. The number of rotatable bonds is 7. The van der Waals surface area contributed by atoms with E-state index in [4.69, 9.17) is 19.2 Å². The Labute approximate surface area is 181 Å². The lowest BCUT2D eigenvalue weighted by molar-refractivity contribution is -0.139. The molecule has 0 saturated heterocycles. The first-order valence-electron chi connectivity index (χ1n) is 10.5. The molecule has 0 bridgehead atoms. The average molecular weight is 421 g/mol. The van der Waals surface area contributed by atoms with Crippen LogP contribution >= 0.6 is 0 Å². The third kappa shape index (κ3) is 3.60. The Morgan fingerprint density at radius 1 is 1.10 bits per heavy atom. The van der Waals surface area contributed by atoms with Crippen LogP contribution < -0.4 is 14.8 Å². The molecule has 0 saturated carbocycles.